The average molecular weight is 208 g/mol. The summed E-state index contributed by atoms with van der Waals surface area (Å²) in [7, 11) is 0. The van der Waals surface area contributed by atoms with E-state index in [1.54, 1.807) is 19.3 Å². The summed E-state index contributed by atoms with van der Waals surface area (Å²) in [5.74, 6) is 3.23. The molecule has 2 saturated carbocycles. The lowest BCUT2D eigenvalue weighted by atomic mass is 9.68. The first-order valence-electron chi connectivity index (χ1n) is 7.38. The molecule has 0 spiro atoms. The molecule has 3 unspecified atom stereocenters. The maximum absolute atomic E-state index is 2.52. The summed E-state index contributed by atoms with van der Waals surface area (Å²) in [5.41, 5.74) is 0. The summed E-state index contributed by atoms with van der Waals surface area (Å²) in [6, 6.07) is 0. The topological polar surface area (TPSA) is 0 Å². The van der Waals surface area contributed by atoms with Crippen LogP contribution in [-0.2, 0) is 0 Å². The molecule has 2 fully saturated rings. The highest BCUT2D eigenvalue weighted by molar-refractivity contribution is 4.80. The SMILES string of the molecule is CC1CCCC2CCCCCCCCC12. The molecule has 88 valence electrons. The van der Waals surface area contributed by atoms with E-state index in [0.29, 0.717) is 0 Å². The maximum atomic E-state index is 2.52. The molecule has 0 N–H and O–H groups in total. The second-order valence-corrected chi connectivity index (χ2v) is 6.03. The summed E-state index contributed by atoms with van der Waals surface area (Å²) in [6.07, 6.45) is 16.8. The molecule has 15 heavy (non-hydrogen) atoms. The Morgan fingerprint density at radius 2 is 1.20 bits per heavy atom. The van der Waals surface area contributed by atoms with Crippen molar-refractivity contribution in [2.45, 2.75) is 77.6 Å². The molecule has 0 amide bonds. The highest BCUT2D eigenvalue weighted by Crippen LogP contribution is 2.41. The Hall–Kier alpha value is 0. The van der Waals surface area contributed by atoms with E-state index in [-0.39, 0.29) is 0 Å². The van der Waals surface area contributed by atoms with Crippen molar-refractivity contribution >= 4 is 0 Å². The highest BCUT2D eigenvalue weighted by Gasteiger charge is 2.29. The third-order valence-corrected chi connectivity index (χ3v) is 4.93. The third kappa shape index (κ3) is 3.23. The normalized spacial score (nSPS) is 39.4. The van der Waals surface area contributed by atoms with Crippen LogP contribution in [0.2, 0.25) is 0 Å². The van der Waals surface area contributed by atoms with Gasteiger partial charge in [0.2, 0.25) is 0 Å². The minimum Gasteiger partial charge on any atom is -0.0622 e. The minimum absolute atomic E-state index is 1.03. The Morgan fingerprint density at radius 3 is 2.00 bits per heavy atom. The molecule has 0 nitrogen and oxygen atoms in total. The largest absolute Gasteiger partial charge is 0.0622 e. The van der Waals surface area contributed by atoms with Crippen molar-refractivity contribution < 1.29 is 0 Å². The molecule has 0 saturated heterocycles. The van der Waals surface area contributed by atoms with E-state index in [0.717, 1.165) is 17.8 Å². The molecule has 0 aromatic carbocycles. The Labute approximate surface area is 95.8 Å². The first-order chi connectivity index (χ1) is 7.38. The van der Waals surface area contributed by atoms with Crippen molar-refractivity contribution in [3.05, 3.63) is 0 Å². The monoisotopic (exact) mass is 208 g/mol. The fourth-order valence-corrected chi connectivity index (χ4v) is 3.97. The standard InChI is InChI=1S/C15H28/c1-13-9-8-11-14-10-6-4-2-3-5-7-12-15(13)14/h13-15H,2-12H2,1H3. The van der Waals surface area contributed by atoms with Gasteiger partial charge in [-0.25, -0.2) is 0 Å². The molecule has 2 aliphatic rings. The molecule has 2 aliphatic carbocycles. The number of hydrogen-bond acceptors (Lipinski definition) is 0. The van der Waals surface area contributed by atoms with Crippen molar-refractivity contribution in [2.75, 3.05) is 0 Å². The van der Waals surface area contributed by atoms with Crippen molar-refractivity contribution in [3.63, 3.8) is 0 Å². The van der Waals surface area contributed by atoms with Gasteiger partial charge in [-0.05, 0) is 24.2 Å². The van der Waals surface area contributed by atoms with Crippen LogP contribution in [0.15, 0.2) is 0 Å². The Bertz CT molecular complexity index is 173. The van der Waals surface area contributed by atoms with Gasteiger partial charge in [0.15, 0.2) is 0 Å². The van der Waals surface area contributed by atoms with E-state index in [1.165, 1.54) is 51.4 Å². The Balaban J connectivity index is 1.91. The van der Waals surface area contributed by atoms with Crippen LogP contribution in [0.4, 0.5) is 0 Å². The van der Waals surface area contributed by atoms with Gasteiger partial charge in [0.25, 0.3) is 0 Å². The molecule has 0 heterocycles. The molecule has 3 atom stereocenters. The first kappa shape index (κ1) is 11.5. The van der Waals surface area contributed by atoms with Crippen molar-refractivity contribution in [1.82, 2.24) is 0 Å². The molecule has 0 radical (unpaired) electrons. The van der Waals surface area contributed by atoms with Crippen molar-refractivity contribution in [1.29, 1.82) is 0 Å². The zero-order valence-corrected chi connectivity index (χ0v) is 10.5. The third-order valence-electron chi connectivity index (χ3n) is 4.93. The van der Waals surface area contributed by atoms with E-state index in [1.807, 2.05) is 0 Å². The van der Waals surface area contributed by atoms with Gasteiger partial charge in [0.1, 0.15) is 0 Å². The Morgan fingerprint density at radius 1 is 0.600 bits per heavy atom. The van der Waals surface area contributed by atoms with E-state index >= 15 is 0 Å². The maximum Gasteiger partial charge on any atom is -0.0360 e. The van der Waals surface area contributed by atoms with E-state index in [4.69, 9.17) is 0 Å². The van der Waals surface area contributed by atoms with Crippen LogP contribution >= 0.6 is 0 Å². The van der Waals surface area contributed by atoms with Crippen LogP contribution in [-0.4, -0.2) is 0 Å². The molecular weight excluding hydrogens is 180 g/mol. The minimum atomic E-state index is 1.03. The lowest BCUT2D eigenvalue weighted by Crippen LogP contribution is -2.27. The zero-order chi connectivity index (χ0) is 10.5. The molecule has 2 rings (SSSR count). The van der Waals surface area contributed by atoms with Gasteiger partial charge >= 0.3 is 0 Å². The molecule has 0 bridgehead atoms. The van der Waals surface area contributed by atoms with Crippen LogP contribution in [0, 0.1) is 17.8 Å². The smallest absolute Gasteiger partial charge is 0.0360 e. The van der Waals surface area contributed by atoms with Crippen LogP contribution in [0.25, 0.3) is 0 Å². The number of fused-ring (bicyclic) bond motifs is 1. The summed E-state index contributed by atoms with van der Waals surface area (Å²) >= 11 is 0. The van der Waals surface area contributed by atoms with Gasteiger partial charge in [-0.1, -0.05) is 71.1 Å². The van der Waals surface area contributed by atoms with Crippen LogP contribution < -0.4 is 0 Å². The molecule has 0 heteroatoms. The summed E-state index contributed by atoms with van der Waals surface area (Å²) in [6.45, 7) is 2.52. The van der Waals surface area contributed by atoms with Gasteiger partial charge in [-0.3, -0.25) is 0 Å². The van der Waals surface area contributed by atoms with Crippen molar-refractivity contribution in [3.8, 4) is 0 Å². The molecule has 0 aromatic rings. The van der Waals surface area contributed by atoms with E-state index in [9.17, 15) is 0 Å². The quantitative estimate of drug-likeness (QED) is 0.515. The summed E-state index contributed by atoms with van der Waals surface area (Å²) < 4.78 is 0. The lowest BCUT2D eigenvalue weighted by Gasteiger charge is -2.37. The highest BCUT2D eigenvalue weighted by atomic mass is 14.3. The predicted molar refractivity (Wildman–Crippen MR) is 66.9 cm³/mol. The van der Waals surface area contributed by atoms with E-state index < -0.39 is 0 Å². The molecule has 0 aromatic heterocycles. The van der Waals surface area contributed by atoms with Gasteiger partial charge in [0.05, 0.1) is 0 Å². The van der Waals surface area contributed by atoms with Gasteiger partial charge in [-0.15, -0.1) is 0 Å². The molecular formula is C15H28. The number of hydrogen-bond donors (Lipinski definition) is 0. The van der Waals surface area contributed by atoms with Gasteiger partial charge < -0.3 is 0 Å². The van der Waals surface area contributed by atoms with Crippen LogP contribution in [0.3, 0.4) is 0 Å². The van der Waals surface area contributed by atoms with Crippen LogP contribution in [0.1, 0.15) is 77.6 Å². The fourth-order valence-electron chi connectivity index (χ4n) is 3.97. The summed E-state index contributed by atoms with van der Waals surface area (Å²) in [4.78, 5) is 0. The van der Waals surface area contributed by atoms with Crippen molar-refractivity contribution in [2.24, 2.45) is 17.8 Å². The second kappa shape index (κ2) is 5.92. The zero-order valence-electron chi connectivity index (χ0n) is 10.5. The Kier molecular flexibility index (Phi) is 4.53. The summed E-state index contributed by atoms with van der Waals surface area (Å²) in [5, 5.41) is 0. The van der Waals surface area contributed by atoms with E-state index in [2.05, 4.69) is 6.92 Å². The average Bonchev–Trinajstić information content (AvgIpc) is 2.26. The van der Waals surface area contributed by atoms with Gasteiger partial charge in [0, 0.05) is 0 Å². The van der Waals surface area contributed by atoms with Gasteiger partial charge in [-0.2, -0.15) is 0 Å². The molecule has 0 aliphatic heterocycles. The lowest BCUT2D eigenvalue weighted by molar-refractivity contribution is 0.137. The fraction of sp³-hybridized carbons (Fsp3) is 1.00. The predicted octanol–water partition coefficient (Wildman–Crippen LogP) is 5.17. The van der Waals surface area contributed by atoms with Crippen LogP contribution in [0.5, 0.6) is 0 Å². The first-order valence-corrected chi connectivity index (χ1v) is 7.38. The second-order valence-electron chi connectivity index (χ2n) is 6.03. The number of rotatable bonds is 0.